The number of nitrogens with zero attached hydrogens (tertiary/aromatic N) is 2. The lowest BCUT2D eigenvalue weighted by molar-refractivity contribution is 0.0518. The van der Waals surface area contributed by atoms with Crippen molar-refractivity contribution < 1.29 is 17.6 Å². The molecule has 1 aliphatic heterocycles. The monoisotopic (exact) mass is 451 g/mol. The van der Waals surface area contributed by atoms with Crippen LogP contribution in [0.1, 0.15) is 27.7 Å². The third-order valence-electron chi connectivity index (χ3n) is 6.28. The summed E-state index contributed by atoms with van der Waals surface area (Å²) in [5.41, 5.74) is 2.31. The van der Waals surface area contributed by atoms with Crippen molar-refractivity contribution in [3.05, 3.63) is 89.9 Å². The maximum absolute atomic E-state index is 13.0. The molecule has 0 unspecified atom stereocenters. The molecule has 1 aromatic heterocycles. The first kappa shape index (κ1) is 20.9. The molecule has 1 N–H and O–H groups in total. The third kappa shape index (κ3) is 3.97. The highest BCUT2D eigenvalue weighted by Gasteiger charge is 2.40. The van der Waals surface area contributed by atoms with Crippen molar-refractivity contribution in [2.24, 2.45) is 0 Å². The zero-order valence-electron chi connectivity index (χ0n) is 17.6. The van der Waals surface area contributed by atoms with Gasteiger partial charge in [-0.15, -0.1) is 0 Å². The smallest absolute Gasteiger partial charge is 0.289 e. The molecule has 0 saturated carbocycles. The molecule has 5 rings (SSSR count). The van der Waals surface area contributed by atoms with Gasteiger partial charge in [-0.25, -0.2) is 13.1 Å². The van der Waals surface area contributed by atoms with E-state index in [0.717, 1.165) is 11.1 Å². The molecule has 2 heterocycles. The van der Waals surface area contributed by atoms with Crippen LogP contribution in [0.25, 0.3) is 0 Å². The number of hydrogen-bond donors (Lipinski definition) is 1. The summed E-state index contributed by atoms with van der Waals surface area (Å²) < 4.78 is 34.3. The molecule has 1 fully saturated rings. The average molecular weight is 452 g/mol. The van der Waals surface area contributed by atoms with Gasteiger partial charge in [0.05, 0.1) is 17.2 Å². The van der Waals surface area contributed by atoms with E-state index in [1.54, 1.807) is 47.4 Å². The largest absolute Gasteiger partial charge is 0.459 e. The van der Waals surface area contributed by atoms with Crippen molar-refractivity contribution in [3.8, 4) is 0 Å². The van der Waals surface area contributed by atoms with Crippen molar-refractivity contribution >= 4 is 15.9 Å². The van der Waals surface area contributed by atoms with Gasteiger partial charge in [-0.2, -0.15) is 0 Å². The summed E-state index contributed by atoms with van der Waals surface area (Å²) in [6, 6.07) is 19.6. The molecular weight excluding hydrogens is 426 g/mol. The Balaban J connectivity index is 1.35. The van der Waals surface area contributed by atoms with Gasteiger partial charge in [0.25, 0.3) is 5.91 Å². The highest BCUT2D eigenvalue weighted by molar-refractivity contribution is 7.89. The summed E-state index contributed by atoms with van der Waals surface area (Å²) in [6.45, 7) is 2.46. The molecular formula is C24H25N3O4S. The molecule has 7 nitrogen and oxygen atoms in total. The Morgan fingerprint density at radius 1 is 0.906 bits per heavy atom. The van der Waals surface area contributed by atoms with Crippen LogP contribution in [-0.2, 0) is 16.4 Å². The number of piperazine rings is 1. The van der Waals surface area contributed by atoms with E-state index in [2.05, 4.69) is 21.8 Å². The van der Waals surface area contributed by atoms with E-state index in [0.29, 0.717) is 38.4 Å². The van der Waals surface area contributed by atoms with Crippen molar-refractivity contribution in [2.75, 3.05) is 26.2 Å². The zero-order valence-corrected chi connectivity index (χ0v) is 18.4. The number of fused-ring (bicyclic) bond motifs is 1. The van der Waals surface area contributed by atoms with Crippen LogP contribution in [-0.4, -0.2) is 56.3 Å². The van der Waals surface area contributed by atoms with Crippen LogP contribution in [0.15, 0.2) is 82.3 Å². The maximum atomic E-state index is 13.0. The second-order valence-corrected chi connectivity index (χ2v) is 9.91. The summed E-state index contributed by atoms with van der Waals surface area (Å²) in [7, 11) is -3.64. The van der Waals surface area contributed by atoms with Gasteiger partial charge >= 0.3 is 0 Å². The molecule has 2 aliphatic rings. The Hall–Kier alpha value is -2.94. The van der Waals surface area contributed by atoms with Gasteiger partial charge in [0.2, 0.25) is 10.0 Å². The maximum Gasteiger partial charge on any atom is 0.289 e. The van der Waals surface area contributed by atoms with Gasteiger partial charge < -0.3 is 9.32 Å². The Labute approximate surface area is 187 Å². The fraction of sp³-hybridized carbons (Fsp3) is 0.292. The molecule has 0 bridgehead atoms. The zero-order chi connectivity index (χ0) is 22.1. The molecule has 2 atom stereocenters. The number of furan rings is 1. The van der Waals surface area contributed by atoms with E-state index in [-0.39, 0.29) is 22.9 Å². The summed E-state index contributed by atoms with van der Waals surface area (Å²) in [4.78, 5) is 17.0. The second kappa shape index (κ2) is 8.54. The minimum Gasteiger partial charge on any atom is -0.459 e. The third-order valence-corrected chi connectivity index (χ3v) is 7.79. The molecule has 166 valence electrons. The van der Waals surface area contributed by atoms with E-state index in [1.165, 1.54) is 6.26 Å². The van der Waals surface area contributed by atoms with E-state index < -0.39 is 10.0 Å². The fourth-order valence-electron chi connectivity index (χ4n) is 4.76. The minimum atomic E-state index is -3.64. The highest BCUT2D eigenvalue weighted by atomic mass is 32.2. The molecule has 0 spiro atoms. The van der Waals surface area contributed by atoms with Gasteiger partial charge in [0, 0.05) is 32.2 Å². The highest BCUT2D eigenvalue weighted by Crippen LogP contribution is 2.37. The molecule has 2 aromatic carbocycles. The first-order chi connectivity index (χ1) is 15.5. The predicted molar refractivity (Wildman–Crippen MR) is 120 cm³/mol. The quantitative estimate of drug-likeness (QED) is 0.645. The molecule has 32 heavy (non-hydrogen) atoms. The number of benzene rings is 2. The molecule has 8 heteroatoms. The van der Waals surface area contributed by atoms with Gasteiger partial charge in [-0.05, 0) is 41.8 Å². The lowest BCUT2D eigenvalue weighted by Gasteiger charge is -2.40. The minimum absolute atomic E-state index is 0.0782. The number of rotatable bonds is 5. The molecule has 3 aromatic rings. The van der Waals surface area contributed by atoms with Gasteiger partial charge in [0.1, 0.15) is 0 Å². The normalized spacial score (nSPS) is 21.4. The Morgan fingerprint density at radius 3 is 2.34 bits per heavy atom. The van der Waals surface area contributed by atoms with Crippen LogP contribution in [0.4, 0.5) is 0 Å². The van der Waals surface area contributed by atoms with Crippen molar-refractivity contribution in [3.63, 3.8) is 0 Å². The van der Waals surface area contributed by atoms with E-state index in [4.69, 9.17) is 4.42 Å². The molecule has 1 amide bonds. The second-order valence-electron chi connectivity index (χ2n) is 8.19. The summed E-state index contributed by atoms with van der Waals surface area (Å²) in [5.74, 6) is 0.237. The summed E-state index contributed by atoms with van der Waals surface area (Å²) >= 11 is 0. The van der Waals surface area contributed by atoms with Crippen LogP contribution in [0.5, 0.6) is 0 Å². The van der Waals surface area contributed by atoms with Crippen LogP contribution in [0, 0.1) is 0 Å². The van der Waals surface area contributed by atoms with Crippen molar-refractivity contribution in [2.45, 2.75) is 23.4 Å². The van der Waals surface area contributed by atoms with Gasteiger partial charge in [0.15, 0.2) is 5.76 Å². The summed E-state index contributed by atoms with van der Waals surface area (Å²) in [6.07, 6.45) is 2.14. The first-order valence-corrected chi connectivity index (χ1v) is 12.2. The predicted octanol–water partition coefficient (Wildman–Crippen LogP) is 2.68. The topological polar surface area (TPSA) is 82.9 Å². The Kier molecular flexibility index (Phi) is 5.58. The Morgan fingerprint density at radius 2 is 1.62 bits per heavy atom. The van der Waals surface area contributed by atoms with Gasteiger partial charge in [-0.3, -0.25) is 9.69 Å². The average Bonchev–Trinajstić information content (AvgIpc) is 3.47. The number of carbonyl (C=O) groups excluding carboxylic acids is 1. The van der Waals surface area contributed by atoms with E-state index >= 15 is 0 Å². The fourth-order valence-corrected chi connectivity index (χ4v) is 6.02. The number of amides is 1. The van der Waals surface area contributed by atoms with E-state index in [9.17, 15) is 13.2 Å². The van der Waals surface area contributed by atoms with Crippen LogP contribution < -0.4 is 4.72 Å². The standard InChI is InChI=1S/C24H25N3O4S/c28-24(22-11-6-16-31-22)27-14-12-26(13-15-27)23-20-10-5-4-7-18(20)17-21(23)25-32(29,30)19-8-2-1-3-9-19/h1-11,16,21,23,25H,12-15,17H2/t21-,23-/m1/s1. The number of nitrogens with one attached hydrogen (secondary N) is 1. The van der Waals surface area contributed by atoms with Crippen molar-refractivity contribution in [1.82, 2.24) is 14.5 Å². The number of carbonyl (C=O) groups is 1. The Bertz CT molecular complexity index is 1190. The molecule has 1 saturated heterocycles. The SMILES string of the molecule is O=C(c1ccco1)N1CCN([C@@H]2c3ccccc3C[C@H]2NS(=O)(=O)c2ccccc2)CC1. The van der Waals surface area contributed by atoms with Crippen LogP contribution >= 0.6 is 0 Å². The van der Waals surface area contributed by atoms with E-state index in [1.807, 2.05) is 12.1 Å². The lowest BCUT2D eigenvalue weighted by Crippen LogP contribution is -2.53. The van der Waals surface area contributed by atoms with Crippen LogP contribution in [0.2, 0.25) is 0 Å². The lowest BCUT2D eigenvalue weighted by atomic mass is 10.0. The van der Waals surface area contributed by atoms with Crippen LogP contribution in [0.3, 0.4) is 0 Å². The first-order valence-electron chi connectivity index (χ1n) is 10.7. The molecule has 1 aliphatic carbocycles. The number of sulfonamides is 1. The molecule has 0 radical (unpaired) electrons. The van der Waals surface area contributed by atoms with Gasteiger partial charge in [-0.1, -0.05) is 42.5 Å². The number of hydrogen-bond acceptors (Lipinski definition) is 5. The summed E-state index contributed by atoms with van der Waals surface area (Å²) in [5, 5.41) is 0. The van der Waals surface area contributed by atoms with Crippen molar-refractivity contribution in [1.29, 1.82) is 0 Å².